The summed E-state index contributed by atoms with van der Waals surface area (Å²) in [5.74, 6) is -1.90. The molecule has 3 N–H and O–H groups in total. The van der Waals surface area contributed by atoms with E-state index in [9.17, 15) is 24.0 Å². The van der Waals surface area contributed by atoms with Crippen molar-refractivity contribution in [1.29, 1.82) is 0 Å². The molecule has 1 aliphatic carbocycles. The van der Waals surface area contributed by atoms with Gasteiger partial charge >= 0.3 is 5.97 Å². The van der Waals surface area contributed by atoms with Crippen LogP contribution in [0.5, 0.6) is 0 Å². The van der Waals surface area contributed by atoms with E-state index in [1.54, 1.807) is 24.8 Å². The lowest BCUT2D eigenvalue weighted by Crippen LogP contribution is -2.62. The highest BCUT2D eigenvalue weighted by Gasteiger charge is 2.54. The molecule has 12 heteroatoms. The topological polar surface area (TPSA) is 143 Å². The normalized spacial score (nSPS) is 26.0. The summed E-state index contributed by atoms with van der Waals surface area (Å²) in [5.41, 5.74) is -0.0684. The highest BCUT2D eigenvalue weighted by atomic mass is 35.5. The van der Waals surface area contributed by atoms with E-state index in [2.05, 4.69) is 16.0 Å². The minimum Gasteiger partial charge on any atom is -0.433 e. The van der Waals surface area contributed by atoms with Gasteiger partial charge in [0, 0.05) is 24.8 Å². The first-order chi connectivity index (χ1) is 19.3. The molecule has 0 radical (unpaired) electrons. The molecule has 0 aromatic heterocycles. The van der Waals surface area contributed by atoms with Gasteiger partial charge in [0.1, 0.15) is 18.1 Å². The predicted octanol–water partition coefficient (Wildman–Crippen LogP) is 3.01. The lowest BCUT2D eigenvalue weighted by atomic mass is 9.84. The van der Waals surface area contributed by atoms with Gasteiger partial charge in [-0.3, -0.25) is 24.0 Å². The molecular formula is C29H39ClN4O7. The van der Waals surface area contributed by atoms with Gasteiger partial charge in [-0.15, -0.1) is 0 Å². The summed E-state index contributed by atoms with van der Waals surface area (Å²) >= 11 is 6.39. The summed E-state index contributed by atoms with van der Waals surface area (Å²) < 4.78 is 10.7. The van der Waals surface area contributed by atoms with Crippen molar-refractivity contribution in [3.8, 4) is 0 Å². The van der Waals surface area contributed by atoms with Crippen LogP contribution in [0.15, 0.2) is 18.2 Å². The summed E-state index contributed by atoms with van der Waals surface area (Å²) in [5, 5.41) is 8.59. The molecule has 1 aromatic rings. The second-order valence-electron chi connectivity index (χ2n) is 11.9. The van der Waals surface area contributed by atoms with E-state index in [1.165, 1.54) is 12.1 Å². The van der Waals surface area contributed by atoms with Gasteiger partial charge in [-0.25, -0.2) is 0 Å². The molecule has 3 fully saturated rings. The maximum Gasteiger partial charge on any atom is 0.310 e. The molecule has 2 saturated heterocycles. The van der Waals surface area contributed by atoms with Crippen LogP contribution in [0.3, 0.4) is 0 Å². The predicted molar refractivity (Wildman–Crippen MR) is 151 cm³/mol. The van der Waals surface area contributed by atoms with Gasteiger partial charge in [-0.05, 0) is 55.7 Å². The first-order valence-electron chi connectivity index (χ1n) is 14.2. The fraction of sp³-hybridized carbons (Fsp3) is 0.621. The van der Waals surface area contributed by atoms with Gasteiger partial charge in [-0.1, -0.05) is 39.3 Å². The Kier molecular flexibility index (Phi) is 9.28. The highest BCUT2D eigenvalue weighted by molar-refractivity contribution is 6.34. The zero-order valence-corrected chi connectivity index (χ0v) is 24.9. The van der Waals surface area contributed by atoms with Crippen LogP contribution >= 0.6 is 11.6 Å². The molecule has 11 nitrogen and oxygen atoms in total. The van der Waals surface area contributed by atoms with Crippen molar-refractivity contribution >= 4 is 46.9 Å². The average Bonchev–Trinajstić information content (AvgIpc) is 3.61. The fourth-order valence-electron chi connectivity index (χ4n) is 5.91. The third kappa shape index (κ3) is 6.67. The zero-order chi connectivity index (χ0) is 30.1. The van der Waals surface area contributed by atoms with Crippen LogP contribution in [0.1, 0.15) is 77.1 Å². The molecule has 1 saturated carbocycles. The number of anilines is 1. The highest BCUT2D eigenvalue weighted by Crippen LogP contribution is 2.44. The van der Waals surface area contributed by atoms with E-state index < -0.39 is 41.7 Å². The van der Waals surface area contributed by atoms with Crippen LogP contribution in [-0.2, 0) is 28.7 Å². The van der Waals surface area contributed by atoms with Crippen molar-refractivity contribution in [3.05, 3.63) is 28.8 Å². The number of fused-ring (bicyclic) bond motifs is 2. The van der Waals surface area contributed by atoms with E-state index in [1.807, 2.05) is 20.8 Å². The Labute approximate surface area is 245 Å². The fourth-order valence-corrected chi connectivity index (χ4v) is 6.18. The molecule has 6 atom stereocenters. The van der Waals surface area contributed by atoms with Crippen LogP contribution in [0.2, 0.25) is 5.02 Å². The minimum absolute atomic E-state index is 0.00643. The molecule has 0 spiro atoms. The van der Waals surface area contributed by atoms with Crippen LogP contribution in [0, 0.1) is 11.3 Å². The Morgan fingerprint density at radius 1 is 1.17 bits per heavy atom. The summed E-state index contributed by atoms with van der Waals surface area (Å²) in [7, 11) is 0. The number of hydrogen-bond acceptors (Lipinski definition) is 7. The van der Waals surface area contributed by atoms with Gasteiger partial charge in [-0.2, -0.15) is 0 Å². The lowest BCUT2D eigenvalue weighted by Gasteiger charge is -2.40. The monoisotopic (exact) mass is 590 g/mol. The van der Waals surface area contributed by atoms with Crippen molar-refractivity contribution in [2.45, 2.75) is 97.2 Å². The van der Waals surface area contributed by atoms with Gasteiger partial charge in [0.2, 0.25) is 24.0 Å². The first kappa shape index (κ1) is 30.8. The summed E-state index contributed by atoms with van der Waals surface area (Å²) in [6, 6.07) is 2.12. The standard InChI is InChI=1S/C29H39ClN4O7/c1-6-21(35)31-16-9-11-18(19(30)13-16)25(37)33-24(29(3,4)5)27(39)34-17-10-8-15(12-17)23(34)26(38)32-20-14-22(36)41-28(20)40-7-2/h9,11,13,15,17,20,23-24,28H,6-8,10,12,14H2,1-5H3,(H,31,35)(H,32,38)(H,33,37)/t15-,17?,20?,23-,24+,28+/m0/s1. The van der Waals surface area contributed by atoms with Crippen molar-refractivity contribution in [2.75, 3.05) is 11.9 Å². The SMILES string of the molecule is CCO[C@@H]1OC(=O)CC1NC(=O)[C@@H]1[C@H]2CCC(C2)N1C(=O)[C@@H](NC(=O)c1ccc(NC(=O)CC)cc1Cl)C(C)(C)C. The van der Waals surface area contributed by atoms with Crippen molar-refractivity contribution in [3.63, 3.8) is 0 Å². The molecular weight excluding hydrogens is 552 g/mol. The largest absolute Gasteiger partial charge is 0.433 e. The molecule has 224 valence electrons. The molecule has 1 aromatic carbocycles. The first-order valence-corrected chi connectivity index (χ1v) is 14.6. The molecule has 4 amide bonds. The number of nitrogens with one attached hydrogen (secondary N) is 3. The Balaban J connectivity index is 1.53. The van der Waals surface area contributed by atoms with Crippen LogP contribution in [0.25, 0.3) is 0 Å². The molecule has 2 aliphatic heterocycles. The number of amides is 4. The van der Waals surface area contributed by atoms with Crippen molar-refractivity contribution < 1.29 is 33.4 Å². The Morgan fingerprint density at radius 2 is 1.90 bits per heavy atom. The van der Waals surface area contributed by atoms with Crippen LogP contribution < -0.4 is 16.0 Å². The van der Waals surface area contributed by atoms with E-state index in [0.29, 0.717) is 25.1 Å². The lowest BCUT2D eigenvalue weighted by molar-refractivity contribution is -0.165. The summed E-state index contributed by atoms with van der Waals surface area (Å²) in [6.07, 6.45) is 1.70. The van der Waals surface area contributed by atoms with E-state index in [0.717, 1.165) is 12.8 Å². The van der Waals surface area contributed by atoms with Gasteiger partial charge in [0.05, 0.1) is 17.0 Å². The van der Waals surface area contributed by atoms with E-state index in [-0.39, 0.29) is 46.7 Å². The summed E-state index contributed by atoms with van der Waals surface area (Å²) in [6.45, 7) is 9.35. The molecule has 41 heavy (non-hydrogen) atoms. The maximum absolute atomic E-state index is 14.2. The van der Waals surface area contributed by atoms with E-state index >= 15 is 0 Å². The van der Waals surface area contributed by atoms with E-state index in [4.69, 9.17) is 21.1 Å². The van der Waals surface area contributed by atoms with Gasteiger partial charge < -0.3 is 30.3 Å². The van der Waals surface area contributed by atoms with Gasteiger partial charge in [0.15, 0.2) is 0 Å². The second kappa shape index (κ2) is 12.4. The van der Waals surface area contributed by atoms with Crippen LogP contribution in [0.4, 0.5) is 5.69 Å². The van der Waals surface area contributed by atoms with Crippen molar-refractivity contribution in [2.24, 2.45) is 11.3 Å². The second-order valence-corrected chi connectivity index (χ2v) is 12.3. The van der Waals surface area contributed by atoms with Crippen molar-refractivity contribution in [1.82, 2.24) is 15.5 Å². The molecule has 2 unspecified atom stereocenters. The maximum atomic E-state index is 14.2. The number of hydrogen-bond donors (Lipinski definition) is 3. The summed E-state index contributed by atoms with van der Waals surface area (Å²) in [4.78, 5) is 66.3. The number of carbonyl (C=O) groups is 5. The number of benzene rings is 1. The number of ether oxygens (including phenoxy) is 2. The number of rotatable bonds is 9. The third-order valence-electron chi connectivity index (χ3n) is 7.94. The van der Waals surface area contributed by atoms with Crippen LogP contribution in [-0.4, -0.2) is 71.6 Å². The number of nitrogens with zero attached hydrogens (tertiary/aromatic N) is 1. The number of likely N-dealkylation sites (tertiary alicyclic amines) is 1. The Bertz CT molecular complexity index is 1220. The molecule has 4 rings (SSSR count). The average molecular weight is 591 g/mol. The minimum atomic E-state index is -0.951. The number of cyclic esters (lactones) is 1. The third-order valence-corrected chi connectivity index (χ3v) is 8.25. The molecule has 3 aliphatic rings. The number of esters is 1. The Hall–Kier alpha value is -3.18. The quantitative estimate of drug-likeness (QED) is 0.375. The zero-order valence-electron chi connectivity index (χ0n) is 24.1. The molecule has 2 bridgehead atoms. The number of carbonyl (C=O) groups excluding carboxylic acids is 5. The number of halogens is 1. The Morgan fingerprint density at radius 3 is 2.54 bits per heavy atom. The smallest absolute Gasteiger partial charge is 0.310 e. The van der Waals surface area contributed by atoms with Gasteiger partial charge in [0.25, 0.3) is 5.91 Å². The number of piperidine rings is 1. The molecule has 2 heterocycles.